The van der Waals surface area contributed by atoms with E-state index in [1.165, 1.54) is 25.7 Å². The zero-order valence-electron chi connectivity index (χ0n) is 16.8. The Morgan fingerprint density at radius 2 is 1.86 bits per heavy atom. The van der Waals surface area contributed by atoms with Gasteiger partial charge in [0.15, 0.2) is 5.96 Å². The first kappa shape index (κ1) is 23.2. The first-order chi connectivity index (χ1) is 13.7. The lowest BCUT2D eigenvalue weighted by Crippen LogP contribution is -2.41. The lowest BCUT2D eigenvalue weighted by Gasteiger charge is -2.12. The maximum Gasteiger partial charge on any atom is 0.226 e. The van der Waals surface area contributed by atoms with Gasteiger partial charge in [0.1, 0.15) is 6.26 Å². The van der Waals surface area contributed by atoms with Gasteiger partial charge in [-0.1, -0.05) is 31.0 Å². The minimum atomic E-state index is 0. The smallest absolute Gasteiger partial charge is 0.226 e. The summed E-state index contributed by atoms with van der Waals surface area (Å²) in [4.78, 5) is 20.6. The summed E-state index contributed by atoms with van der Waals surface area (Å²) in [6.45, 7) is 1.70. The van der Waals surface area contributed by atoms with Crippen LogP contribution in [0.5, 0.6) is 0 Å². The van der Waals surface area contributed by atoms with Crippen LogP contribution in [0.4, 0.5) is 0 Å². The Balaban J connectivity index is 0.00000300. The molecule has 8 heteroatoms. The third kappa shape index (κ3) is 7.68. The van der Waals surface area contributed by atoms with Crippen molar-refractivity contribution >= 4 is 35.8 Å². The van der Waals surface area contributed by atoms with Crippen molar-refractivity contribution in [2.24, 2.45) is 10.9 Å². The molecule has 7 nitrogen and oxygen atoms in total. The number of guanidine groups is 1. The molecule has 0 unspecified atom stereocenters. The number of oxazole rings is 1. The van der Waals surface area contributed by atoms with E-state index in [-0.39, 0.29) is 29.9 Å². The summed E-state index contributed by atoms with van der Waals surface area (Å²) in [5.41, 5.74) is 1.75. The van der Waals surface area contributed by atoms with Crippen molar-refractivity contribution < 1.29 is 9.21 Å². The summed E-state index contributed by atoms with van der Waals surface area (Å²) in [7, 11) is 1.71. The van der Waals surface area contributed by atoms with Gasteiger partial charge in [-0.05, 0) is 30.9 Å². The molecule has 1 aromatic heterocycles. The van der Waals surface area contributed by atoms with E-state index in [0.29, 0.717) is 43.8 Å². The van der Waals surface area contributed by atoms with E-state index < -0.39 is 0 Å². The minimum absolute atomic E-state index is 0. The number of hydrogen-bond acceptors (Lipinski definition) is 4. The lowest BCUT2D eigenvalue weighted by atomic mass is 10.0. The summed E-state index contributed by atoms with van der Waals surface area (Å²) in [6.07, 6.45) is 7.21. The monoisotopic (exact) mass is 511 g/mol. The molecule has 1 fully saturated rings. The first-order valence-corrected chi connectivity index (χ1v) is 9.95. The van der Waals surface area contributed by atoms with Gasteiger partial charge in [0.2, 0.25) is 11.8 Å². The molecule has 1 saturated carbocycles. The topological polar surface area (TPSA) is 91.5 Å². The third-order valence-corrected chi connectivity index (χ3v) is 4.92. The van der Waals surface area contributed by atoms with Crippen LogP contribution in [0.3, 0.4) is 0 Å². The van der Waals surface area contributed by atoms with Gasteiger partial charge in [-0.25, -0.2) is 4.98 Å². The van der Waals surface area contributed by atoms with E-state index in [4.69, 9.17) is 4.42 Å². The minimum Gasteiger partial charge on any atom is -0.444 e. The number of benzene rings is 1. The maximum absolute atomic E-state index is 11.9. The van der Waals surface area contributed by atoms with E-state index >= 15 is 0 Å². The molecule has 3 rings (SSSR count). The molecule has 3 N–H and O–H groups in total. The van der Waals surface area contributed by atoms with Gasteiger partial charge in [0.05, 0.1) is 12.2 Å². The van der Waals surface area contributed by atoms with Crippen LogP contribution in [0, 0.1) is 5.92 Å². The average molecular weight is 511 g/mol. The lowest BCUT2D eigenvalue weighted by molar-refractivity contribution is -0.121. The van der Waals surface area contributed by atoms with Crippen LogP contribution in [0.25, 0.3) is 11.5 Å². The van der Waals surface area contributed by atoms with E-state index in [2.05, 4.69) is 25.9 Å². The van der Waals surface area contributed by atoms with Crippen LogP contribution >= 0.6 is 24.0 Å². The van der Waals surface area contributed by atoms with Gasteiger partial charge in [-0.3, -0.25) is 9.79 Å². The Kier molecular flexibility index (Phi) is 9.96. The van der Waals surface area contributed by atoms with Crippen molar-refractivity contribution in [2.45, 2.75) is 38.6 Å². The number of aromatic nitrogens is 1. The van der Waals surface area contributed by atoms with Gasteiger partial charge in [-0.2, -0.15) is 0 Å². The quantitative estimate of drug-likeness (QED) is 0.219. The van der Waals surface area contributed by atoms with Crippen molar-refractivity contribution in [1.82, 2.24) is 20.9 Å². The first-order valence-electron chi connectivity index (χ1n) is 9.95. The zero-order chi connectivity index (χ0) is 19.6. The fourth-order valence-corrected chi connectivity index (χ4v) is 3.43. The molecule has 1 aromatic carbocycles. The van der Waals surface area contributed by atoms with Gasteiger partial charge in [0.25, 0.3) is 0 Å². The van der Waals surface area contributed by atoms with Gasteiger partial charge in [0, 0.05) is 32.1 Å². The Morgan fingerprint density at radius 3 is 2.59 bits per heavy atom. The van der Waals surface area contributed by atoms with Crippen molar-refractivity contribution in [3.63, 3.8) is 0 Å². The molecule has 1 aliphatic rings. The summed E-state index contributed by atoms with van der Waals surface area (Å²) >= 11 is 0. The van der Waals surface area contributed by atoms with Crippen molar-refractivity contribution in [2.75, 3.05) is 20.1 Å². The highest BCUT2D eigenvalue weighted by Crippen LogP contribution is 2.27. The van der Waals surface area contributed by atoms with Crippen LogP contribution in [0.1, 0.15) is 37.8 Å². The number of rotatable bonds is 8. The summed E-state index contributed by atoms with van der Waals surface area (Å²) in [6, 6.07) is 9.79. The van der Waals surface area contributed by atoms with Crippen LogP contribution in [0.15, 0.2) is 46.0 Å². The van der Waals surface area contributed by atoms with Gasteiger partial charge >= 0.3 is 0 Å². The van der Waals surface area contributed by atoms with Gasteiger partial charge in [-0.15, -0.1) is 24.0 Å². The molecule has 0 radical (unpaired) electrons. The Bertz CT molecular complexity index is 772. The van der Waals surface area contributed by atoms with Crippen molar-refractivity contribution in [3.05, 3.63) is 42.3 Å². The summed E-state index contributed by atoms with van der Waals surface area (Å²) in [5.74, 6) is 1.98. The second-order valence-electron chi connectivity index (χ2n) is 7.07. The Morgan fingerprint density at radius 1 is 1.14 bits per heavy atom. The zero-order valence-corrected chi connectivity index (χ0v) is 19.1. The van der Waals surface area contributed by atoms with E-state index in [9.17, 15) is 4.79 Å². The fraction of sp³-hybridized carbons (Fsp3) is 0.476. The molecule has 2 aromatic rings. The highest BCUT2D eigenvalue weighted by atomic mass is 127. The fourth-order valence-electron chi connectivity index (χ4n) is 3.43. The SMILES string of the molecule is CN=C(NCCNC(=O)CC1CCCC1)NCc1coc(-c2ccccc2)n1.I. The molecule has 29 heavy (non-hydrogen) atoms. The number of carbonyl (C=O) groups excluding carboxylic acids is 1. The number of nitrogens with zero attached hydrogens (tertiary/aromatic N) is 2. The Labute approximate surface area is 189 Å². The molecule has 1 aliphatic carbocycles. The second-order valence-corrected chi connectivity index (χ2v) is 7.07. The predicted octanol–water partition coefficient (Wildman–Crippen LogP) is 3.32. The highest BCUT2D eigenvalue weighted by Gasteiger charge is 2.17. The van der Waals surface area contributed by atoms with E-state index in [0.717, 1.165) is 11.3 Å². The molecule has 0 saturated heterocycles. The number of nitrogens with one attached hydrogen (secondary N) is 3. The van der Waals surface area contributed by atoms with Crippen molar-refractivity contribution in [3.8, 4) is 11.5 Å². The standard InChI is InChI=1S/C21H29N5O2.HI/c1-22-21(24-12-11-23-19(27)13-16-7-5-6-8-16)25-14-18-15-28-20(26-18)17-9-3-2-4-10-17;/h2-4,9-10,15-16H,5-8,11-14H2,1H3,(H,23,27)(H2,22,24,25);1H. The number of halogens is 1. The van der Waals surface area contributed by atoms with Gasteiger partial charge < -0.3 is 20.4 Å². The molecular weight excluding hydrogens is 481 g/mol. The molecule has 0 spiro atoms. The highest BCUT2D eigenvalue weighted by molar-refractivity contribution is 14.0. The van der Waals surface area contributed by atoms with Crippen molar-refractivity contribution in [1.29, 1.82) is 0 Å². The molecule has 158 valence electrons. The predicted molar refractivity (Wildman–Crippen MR) is 125 cm³/mol. The average Bonchev–Trinajstić information content (AvgIpc) is 3.40. The molecule has 1 heterocycles. The molecule has 1 amide bonds. The van der Waals surface area contributed by atoms with Crippen LogP contribution < -0.4 is 16.0 Å². The van der Waals surface area contributed by atoms with Crippen LogP contribution in [-0.4, -0.2) is 37.0 Å². The normalized spacial score (nSPS) is 14.3. The maximum atomic E-state index is 11.9. The number of aliphatic imine (C=N–C) groups is 1. The molecular formula is C21H30IN5O2. The summed E-state index contributed by atoms with van der Waals surface area (Å²) < 4.78 is 5.54. The van der Waals surface area contributed by atoms with Crippen LogP contribution in [0.2, 0.25) is 0 Å². The summed E-state index contributed by atoms with van der Waals surface area (Å²) in [5, 5.41) is 9.37. The van der Waals surface area contributed by atoms with Crippen LogP contribution in [-0.2, 0) is 11.3 Å². The molecule has 0 bridgehead atoms. The van der Waals surface area contributed by atoms with E-state index in [1.807, 2.05) is 30.3 Å². The molecule has 0 atom stereocenters. The second kappa shape index (κ2) is 12.5. The van der Waals surface area contributed by atoms with E-state index in [1.54, 1.807) is 13.3 Å². The third-order valence-electron chi connectivity index (χ3n) is 4.92. The number of hydrogen-bond donors (Lipinski definition) is 3. The number of carbonyl (C=O) groups is 1. The molecule has 0 aliphatic heterocycles. The Hall–Kier alpha value is -2.10. The number of amides is 1. The largest absolute Gasteiger partial charge is 0.444 e.